The summed E-state index contributed by atoms with van der Waals surface area (Å²) >= 11 is 0. The molecule has 0 amide bonds. The molecule has 1 aliphatic heterocycles. The Morgan fingerprint density at radius 1 is 1.11 bits per heavy atom. The van der Waals surface area contributed by atoms with E-state index in [0.29, 0.717) is 6.67 Å². The van der Waals surface area contributed by atoms with Crippen molar-refractivity contribution in [3.63, 3.8) is 0 Å². The lowest BCUT2D eigenvalue weighted by Gasteiger charge is -2.27. The van der Waals surface area contributed by atoms with Gasteiger partial charge in [0.2, 0.25) is 0 Å². The zero-order valence-corrected chi connectivity index (χ0v) is 10.5. The van der Waals surface area contributed by atoms with Gasteiger partial charge in [-0.25, -0.2) is 0 Å². The molecule has 0 saturated heterocycles. The second kappa shape index (κ2) is 3.54. The van der Waals surface area contributed by atoms with Gasteiger partial charge in [-0.1, -0.05) is 24.3 Å². The molecule has 0 saturated carbocycles. The Morgan fingerprint density at radius 2 is 1.89 bits per heavy atom. The molecule has 2 aromatic carbocycles. The van der Waals surface area contributed by atoms with Crippen LogP contribution >= 0.6 is 0 Å². The molecular formula is C16H12N2O. The Labute approximate surface area is 111 Å². The third-order valence-electron chi connectivity index (χ3n) is 3.70. The smallest absolute Gasteiger partial charge is 0.194 e. The topological polar surface area (TPSA) is 41.5 Å². The van der Waals surface area contributed by atoms with Gasteiger partial charge in [-0.2, -0.15) is 0 Å². The van der Waals surface area contributed by atoms with Crippen molar-refractivity contribution in [2.75, 3.05) is 12.0 Å². The Bertz CT molecular complexity index is 759. The molecule has 1 heterocycles. The van der Waals surface area contributed by atoms with Crippen LogP contribution in [0, 0.1) is 6.92 Å². The lowest BCUT2D eigenvalue weighted by atomic mass is 9.81. The molecule has 2 aliphatic rings. The summed E-state index contributed by atoms with van der Waals surface area (Å²) < 4.78 is 0. The summed E-state index contributed by atoms with van der Waals surface area (Å²) in [5.74, 6) is 0.0956. The summed E-state index contributed by atoms with van der Waals surface area (Å²) in [6.45, 7) is 2.57. The van der Waals surface area contributed by atoms with Crippen LogP contribution in [0.1, 0.15) is 32.6 Å². The number of nitrogens with one attached hydrogen (secondary N) is 1. The first-order valence-corrected chi connectivity index (χ1v) is 6.33. The van der Waals surface area contributed by atoms with Crippen LogP contribution in [0.5, 0.6) is 0 Å². The van der Waals surface area contributed by atoms with Crippen molar-refractivity contribution in [3.8, 4) is 0 Å². The van der Waals surface area contributed by atoms with Gasteiger partial charge in [0.15, 0.2) is 5.78 Å². The zero-order chi connectivity index (χ0) is 13.0. The normalized spacial score (nSPS) is 15.2. The van der Waals surface area contributed by atoms with E-state index >= 15 is 0 Å². The minimum Gasteiger partial charge on any atom is -0.366 e. The highest BCUT2D eigenvalue weighted by Crippen LogP contribution is 2.35. The van der Waals surface area contributed by atoms with Gasteiger partial charge in [0, 0.05) is 27.9 Å². The van der Waals surface area contributed by atoms with Crippen LogP contribution in [-0.2, 0) is 0 Å². The number of fused-ring (bicyclic) bond motifs is 2. The quantitative estimate of drug-likeness (QED) is 0.664. The Kier molecular flexibility index (Phi) is 1.96. The van der Waals surface area contributed by atoms with Gasteiger partial charge in [-0.05, 0) is 24.6 Å². The average Bonchev–Trinajstić information content (AvgIpc) is 2.44. The van der Waals surface area contributed by atoms with Gasteiger partial charge in [-0.15, -0.1) is 0 Å². The molecule has 3 nitrogen and oxygen atoms in total. The number of anilines is 1. The van der Waals surface area contributed by atoms with E-state index in [2.05, 4.69) is 16.4 Å². The average molecular weight is 248 g/mol. The maximum atomic E-state index is 12.6. The number of nitrogens with zero attached hydrogens (tertiary/aromatic N) is 1. The van der Waals surface area contributed by atoms with Crippen molar-refractivity contribution in [3.05, 3.63) is 64.2 Å². The molecule has 0 aromatic heterocycles. The third-order valence-corrected chi connectivity index (χ3v) is 3.70. The van der Waals surface area contributed by atoms with Gasteiger partial charge >= 0.3 is 0 Å². The molecule has 0 bridgehead atoms. The summed E-state index contributed by atoms with van der Waals surface area (Å²) in [5.41, 5.74) is 6.48. The van der Waals surface area contributed by atoms with Crippen LogP contribution in [0.15, 0.2) is 41.4 Å². The van der Waals surface area contributed by atoms with E-state index in [1.54, 1.807) is 0 Å². The van der Waals surface area contributed by atoms with Crippen LogP contribution in [0.4, 0.5) is 5.69 Å². The number of carbonyl (C=O) groups is 1. The maximum absolute atomic E-state index is 12.6. The van der Waals surface area contributed by atoms with Crippen LogP contribution in [-0.4, -0.2) is 18.2 Å². The molecule has 0 spiro atoms. The minimum absolute atomic E-state index is 0.0956. The largest absolute Gasteiger partial charge is 0.366 e. The Hall–Kier alpha value is -2.42. The minimum atomic E-state index is 0.0956. The lowest BCUT2D eigenvalue weighted by molar-refractivity contribution is 0.103. The molecule has 0 fully saturated rings. The lowest BCUT2D eigenvalue weighted by Crippen LogP contribution is -2.27. The Balaban J connectivity index is 2.12. The maximum Gasteiger partial charge on any atom is 0.194 e. The molecule has 0 radical (unpaired) electrons. The van der Waals surface area contributed by atoms with Crippen molar-refractivity contribution in [2.45, 2.75) is 6.92 Å². The van der Waals surface area contributed by atoms with Crippen LogP contribution in [0.25, 0.3) is 0 Å². The van der Waals surface area contributed by atoms with E-state index in [1.807, 2.05) is 37.3 Å². The summed E-state index contributed by atoms with van der Waals surface area (Å²) in [7, 11) is 0. The highest BCUT2D eigenvalue weighted by molar-refractivity contribution is 6.32. The molecule has 92 valence electrons. The Morgan fingerprint density at radius 3 is 2.74 bits per heavy atom. The first kappa shape index (κ1) is 10.5. The highest BCUT2D eigenvalue weighted by atomic mass is 16.1. The van der Waals surface area contributed by atoms with Crippen LogP contribution < -0.4 is 5.32 Å². The molecule has 1 aliphatic carbocycles. The summed E-state index contributed by atoms with van der Waals surface area (Å²) in [4.78, 5) is 17.2. The predicted molar refractivity (Wildman–Crippen MR) is 75.2 cm³/mol. The van der Waals surface area contributed by atoms with Crippen molar-refractivity contribution in [1.82, 2.24) is 0 Å². The van der Waals surface area contributed by atoms with E-state index in [-0.39, 0.29) is 5.78 Å². The van der Waals surface area contributed by atoms with E-state index in [9.17, 15) is 4.79 Å². The van der Waals surface area contributed by atoms with Crippen molar-refractivity contribution >= 4 is 17.2 Å². The zero-order valence-electron chi connectivity index (χ0n) is 10.5. The highest BCUT2D eigenvalue weighted by Gasteiger charge is 2.31. The first-order chi connectivity index (χ1) is 9.25. The first-order valence-electron chi connectivity index (χ1n) is 6.33. The number of ketones is 1. The number of rotatable bonds is 0. The third kappa shape index (κ3) is 1.32. The second-order valence-electron chi connectivity index (χ2n) is 4.95. The predicted octanol–water partition coefficient (Wildman–Crippen LogP) is 2.76. The molecular weight excluding hydrogens is 236 g/mol. The molecule has 2 aromatic rings. The molecule has 3 heteroatoms. The van der Waals surface area contributed by atoms with Gasteiger partial charge in [0.05, 0.1) is 5.71 Å². The van der Waals surface area contributed by atoms with Gasteiger partial charge in [0.25, 0.3) is 0 Å². The fourth-order valence-corrected chi connectivity index (χ4v) is 2.90. The molecule has 19 heavy (non-hydrogen) atoms. The number of hydrogen-bond acceptors (Lipinski definition) is 3. The second-order valence-corrected chi connectivity index (χ2v) is 4.95. The fourth-order valence-electron chi connectivity index (χ4n) is 2.90. The number of benzene rings is 2. The SMILES string of the molecule is Cc1cc2c3c(c1)C(=O)c1ccccc1C3=NCN2. The number of aryl methyl sites for hydroxylation is 1. The number of hydrogen-bond donors (Lipinski definition) is 1. The monoisotopic (exact) mass is 248 g/mol. The van der Waals surface area contributed by atoms with Gasteiger partial charge < -0.3 is 5.32 Å². The molecule has 1 N–H and O–H groups in total. The van der Waals surface area contributed by atoms with Crippen LogP contribution in [0.3, 0.4) is 0 Å². The van der Waals surface area contributed by atoms with Crippen molar-refractivity contribution < 1.29 is 4.79 Å². The van der Waals surface area contributed by atoms with Crippen LogP contribution in [0.2, 0.25) is 0 Å². The van der Waals surface area contributed by atoms with E-state index in [1.165, 1.54) is 0 Å². The van der Waals surface area contributed by atoms with Gasteiger partial charge in [0.1, 0.15) is 6.67 Å². The van der Waals surface area contributed by atoms with Gasteiger partial charge in [-0.3, -0.25) is 9.79 Å². The van der Waals surface area contributed by atoms with E-state index < -0.39 is 0 Å². The fraction of sp³-hybridized carbons (Fsp3) is 0.125. The van der Waals surface area contributed by atoms with Crippen molar-refractivity contribution in [1.29, 1.82) is 0 Å². The summed E-state index contributed by atoms with van der Waals surface area (Å²) in [6, 6.07) is 11.8. The number of aliphatic imine (C=N–C) groups is 1. The molecule has 0 unspecified atom stereocenters. The molecule has 0 atom stereocenters. The standard InChI is InChI=1S/C16H12N2O/c1-9-6-12-14-13(7-9)17-8-18-15(14)10-4-2-3-5-11(10)16(12)19/h2-7,17H,8H2,1H3. The van der Waals surface area contributed by atoms with E-state index in [0.717, 1.165) is 39.2 Å². The van der Waals surface area contributed by atoms with E-state index in [4.69, 9.17) is 0 Å². The number of carbonyl (C=O) groups excluding carboxylic acids is 1. The summed E-state index contributed by atoms with van der Waals surface area (Å²) in [5, 5.41) is 3.25. The summed E-state index contributed by atoms with van der Waals surface area (Å²) in [6.07, 6.45) is 0. The molecule has 4 rings (SSSR count). The van der Waals surface area contributed by atoms with Crippen molar-refractivity contribution in [2.24, 2.45) is 4.99 Å².